The van der Waals surface area contributed by atoms with Crippen LogP contribution in [-0.4, -0.2) is 9.55 Å². The molecule has 0 radical (unpaired) electrons. The number of alkyl halides is 1. The first-order valence-corrected chi connectivity index (χ1v) is 7.23. The lowest BCUT2D eigenvalue weighted by atomic mass is 10.1. The average Bonchev–Trinajstić information content (AvgIpc) is 2.95. The maximum absolute atomic E-state index is 6.33. The Bertz CT molecular complexity index is 565. The van der Waals surface area contributed by atoms with Crippen molar-refractivity contribution in [2.24, 2.45) is 0 Å². The molecule has 1 aromatic carbocycles. The van der Waals surface area contributed by atoms with Gasteiger partial charge in [0.25, 0.3) is 0 Å². The summed E-state index contributed by atoms with van der Waals surface area (Å²) in [7, 11) is 0. The van der Waals surface area contributed by atoms with E-state index >= 15 is 0 Å². The molecule has 3 rings (SSSR count). The van der Waals surface area contributed by atoms with Crippen LogP contribution in [0.5, 0.6) is 0 Å². The Morgan fingerprint density at radius 2 is 2.06 bits per heavy atom. The number of imidazole rings is 1. The van der Waals surface area contributed by atoms with E-state index in [9.17, 15) is 0 Å². The second-order valence-corrected chi connectivity index (χ2v) is 5.99. The highest BCUT2D eigenvalue weighted by Gasteiger charge is 2.24. The van der Waals surface area contributed by atoms with Gasteiger partial charge in [0.2, 0.25) is 0 Å². The molecule has 0 saturated heterocycles. The van der Waals surface area contributed by atoms with E-state index in [1.54, 1.807) is 0 Å². The molecule has 0 spiro atoms. The van der Waals surface area contributed by atoms with Crippen molar-refractivity contribution in [2.45, 2.75) is 50.9 Å². The van der Waals surface area contributed by atoms with Crippen molar-refractivity contribution in [1.29, 1.82) is 0 Å². The molecule has 2 nitrogen and oxygen atoms in total. The van der Waals surface area contributed by atoms with E-state index in [1.807, 2.05) is 6.92 Å². The van der Waals surface area contributed by atoms with Gasteiger partial charge in [0, 0.05) is 6.04 Å². The third kappa shape index (κ3) is 1.83. The van der Waals surface area contributed by atoms with Crippen LogP contribution in [0.25, 0.3) is 11.0 Å². The van der Waals surface area contributed by atoms with Crippen LogP contribution >= 0.6 is 11.6 Å². The number of para-hydroxylation sites is 1. The summed E-state index contributed by atoms with van der Waals surface area (Å²) in [6.07, 6.45) is 5.17. The predicted octanol–water partition coefficient (Wildman–Crippen LogP) is 4.76. The Labute approximate surface area is 113 Å². The Morgan fingerprint density at radius 3 is 2.72 bits per heavy atom. The number of benzene rings is 1. The zero-order valence-electron chi connectivity index (χ0n) is 11.0. The van der Waals surface area contributed by atoms with E-state index in [-0.39, 0.29) is 5.38 Å². The van der Waals surface area contributed by atoms with Crippen LogP contribution in [-0.2, 0) is 0 Å². The molecule has 1 aliphatic carbocycles. The van der Waals surface area contributed by atoms with Gasteiger partial charge in [0.05, 0.1) is 16.4 Å². The Hall–Kier alpha value is -1.02. The molecule has 1 atom stereocenters. The van der Waals surface area contributed by atoms with Gasteiger partial charge in [-0.15, -0.1) is 11.6 Å². The second-order valence-electron chi connectivity index (χ2n) is 5.34. The first-order chi connectivity index (χ1) is 8.68. The van der Waals surface area contributed by atoms with Crippen molar-refractivity contribution in [3.63, 3.8) is 0 Å². The van der Waals surface area contributed by atoms with Crippen LogP contribution in [0.4, 0.5) is 0 Å². The molecule has 1 heterocycles. The van der Waals surface area contributed by atoms with Gasteiger partial charge in [-0.25, -0.2) is 4.98 Å². The molecule has 1 aliphatic rings. The monoisotopic (exact) mass is 262 g/mol. The predicted molar refractivity (Wildman–Crippen MR) is 76.2 cm³/mol. The topological polar surface area (TPSA) is 17.8 Å². The van der Waals surface area contributed by atoms with Crippen molar-refractivity contribution in [2.75, 3.05) is 0 Å². The summed E-state index contributed by atoms with van der Waals surface area (Å²) in [5, 5.41) is -0.0302. The third-order valence-electron chi connectivity index (χ3n) is 3.98. The molecule has 0 amide bonds. The molecule has 0 N–H and O–H groups in total. The van der Waals surface area contributed by atoms with Gasteiger partial charge >= 0.3 is 0 Å². The van der Waals surface area contributed by atoms with E-state index < -0.39 is 0 Å². The number of aryl methyl sites for hydroxylation is 1. The molecule has 0 aliphatic heterocycles. The number of fused-ring (bicyclic) bond motifs is 1. The fourth-order valence-corrected chi connectivity index (χ4v) is 3.31. The Balaban J connectivity index is 2.26. The number of hydrogen-bond donors (Lipinski definition) is 0. The zero-order chi connectivity index (χ0) is 12.7. The molecule has 18 heavy (non-hydrogen) atoms. The molecule has 2 aromatic rings. The second kappa shape index (κ2) is 4.58. The van der Waals surface area contributed by atoms with E-state index in [0.29, 0.717) is 6.04 Å². The largest absolute Gasteiger partial charge is 0.323 e. The Morgan fingerprint density at radius 1 is 1.33 bits per heavy atom. The fourth-order valence-electron chi connectivity index (χ4n) is 3.15. The van der Waals surface area contributed by atoms with Crippen molar-refractivity contribution in [3.05, 3.63) is 29.6 Å². The molecule has 3 heteroatoms. The van der Waals surface area contributed by atoms with Crippen molar-refractivity contribution in [3.8, 4) is 0 Å². The number of halogens is 1. The number of nitrogens with zero attached hydrogens (tertiary/aromatic N) is 2. The first-order valence-electron chi connectivity index (χ1n) is 6.80. The highest BCUT2D eigenvalue weighted by Crippen LogP contribution is 2.37. The van der Waals surface area contributed by atoms with Crippen LogP contribution in [0.15, 0.2) is 18.2 Å². The van der Waals surface area contributed by atoms with Gasteiger partial charge in [-0.2, -0.15) is 0 Å². The smallest absolute Gasteiger partial charge is 0.127 e. The minimum atomic E-state index is -0.0302. The van der Waals surface area contributed by atoms with Gasteiger partial charge in [0.15, 0.2) is 0 Å². The lowest BCUT2D eigenvalue weighted by molar-refractivity contribution is 0.510. The number of aromatic nitrogens is 2. The van der Waals surface area contributed by atoms with E-state index in [0.717, 1.165) is 11.3 Å². The zero-order valence-corrected chi connectivity index (χ0v) is 11.7. The van der Waals surface area contributed by atoms with E-state index in [4.69, 9.17) is 16.6 Å². The molecular weight excluding hydrogens is 244 g/mol. The quantitative estimate of drug-likeness (QED) is 0.714. The summed E-state index contributed by atoms with van der Waals surface area (Å²) in [6.45, 7) is 4.18. The molecule has 1 saturated carbocycles. The minimum Gasteiger partial charge on any atom is -0.323 e. The summed E-state index contributed by atoms with van der Waals surface area (Å²) >= 11 is 6.33. The standard InChI is InChI=1S/C15H19ClN2/c1-10-6-5-9-13-14(10)18(12-7-3-4-8-12)15(17-13)11(2)16/h5-6,9,11-12H,3-4,7-8H2,1-2H3. The van der Waals surface area contributed by atoms with E-state index in [2.05, 4.69) is 29.7 Å². The summed E-state index contributed by atoms with van der Waals surface area (Å²) in [6, 6.07) is 6.92. The average molecular weight is 263 g/mol. The van der Waals surface area contributed by atoms with Gasteiger partial charge in [0.1, 0.15) is 5.82 Å². The molecule has 1 aromatic heterocycles. The van der Waals surface area contributed by atoms with Gasteiger partial charge < -0.3 is 4.57 Å². The van der Waals surface area contributed by atoms with Crippen LogP contribution in [0.2, 0.25) is 0 Å². The van der Waals surface area contributed by atoms with Crippen molar-refractivity contribution >= 4 is 22.6 Å². The van der Waals surface area contributed by atoms with Crippen LogP contribution in [0, 0.1) is 6.92 Å². The van der Waals surface area contributed by atoms with Crippen LogP contribution < -0.4 is 0 Å². The number of rotatable bonds is 2. The lowest BCUT2D eigenvalue weighted by Crippen LogP contribution is -2.10. The maximum Gasteiger partial charge on any atom is 0.127 e. The summed E-state index contributed by atoms with van der Waals surface area (Å²) in [4.78, 5) is 4.75. The summed E-state index contributed by atoms with van der Waals surface area (Å²) in [5.74, 6) is 1.04. The van der Waals surface area contributed by atoms with Crippen LogP contribution in [0.3, 0.4) is 0 Å². The maximum atomic E-state index is 6.33. The van der Waals surface area contributed by atoms with Gasteiger partial charge in [-0.1, -0.05) is 25.0 Å². The minimum absolute atomic E-state index is 0.0302. The van der Waals surface area contributed by atoms with Gasteiger partial charge in [-0.05, 0) is 38.3 Å². The highest BCUT2D eigenvalue weighted by atomic mass is 35.5. The molecule has 96 valence electrons. The molecular formula is C15H19ClN2. The molecule has 1 fully saturated rings. The Kier molecular flexibility index (Phi) is 3.06. The van der Waals surface area contributed by atoms with Crippen LogP contribution in [0.1, 0.15) is 55.4 Å². The molecule has 0 bridgehead atoms. The highest BCUT2D eigenvalue weighted by molar-refractivity contribution is 6.20. The third-order valence-corrected chi connectivity index (χ3v) is 4.18. The van der Waals surface area contributed by atoms with Gasteiger partial charge in [-0.3, -0.25) is 0 Å². The normalized spacial score (nSPS) is 18.6. The first kappa shape index (κ1) is 12.0. The molecule has 1 unspecified atom stereocenters. The summed E-state index contributed by atoms with van der Waals surface area (Å²) in [5.41, 5.74) is 3.67. The fraction of sp³-hybridized carbons (Fsp3) is 0.533. The lowest BCUT2D eigenvalue weighted by Gasteiger charge is -2.18. The van der Waals surface area contributed by atoms with E-state index in [1.165, 1.54) is 36.8 Å². The van der Waals surface area contributed by atoms with Crippen molar-refractivity contribution in [1.82, 2.24) is 9.55 Å². The van der Waals surface area contributed by atoms with Crippen molar-refractivity contribution < 1.29 is 0 Å². The summed E-state index contributed by atoms with van der Waals surface area (Å²) < 4.78 is 2.41. The number of hydrogen-bond acceptors (Lipinski definition) is 1. The SMILES string of the molecule is Cc1cccc2nc(C(C)Cl)n(C3CCCC3)c12.